The van der Waals surface area contributed by atoms with Crippen molar-refractivity contribution in [2.75, 3.05) is 26.2 Å². The molecule has 0 aromatic carbocycles. The third-order valence-electron chi connectivity index (χ3n) is 4.49. The molecule has 5 heteroatoms. The minimum atomic E-state index is -0.108. The zero-order valence-corrected chi connectivity index (χ0v) is 13.6. The lowest BCUT2D eigenvalue weighted by Crippen LogP contribution is -2.67. The van der Waals surface area contributed by atoms with E-state index in [4.69, 9.17) is 4.74 Å². The number of nitrogens with one attached hydrogen (secondary N) is 1. The Bertz CT molecular complexity index is 390. The summed E-state index contributed by atoms with van der Waals surface area (Å²) in [6.07, 6.45) is 2.04. The number of amides is 2. The van der Waals surface area contributed by atoms with Gasteiger partial charge < -0.3 is 15.0 Å². The summed E-state index contributed by atoms with van der Waals surface area (Å²) in [6, 6.07) is 0. The minimum Gasteiger partial charge on any atom is -0.371 e. The van der Waals surface area contributed by atoms with Crippen molar-refractivity contribution in [2.45, 2.75) is 46.1 Å². The van der Waals surface area contributed by atoms with Gasteiger partial charge in [-0.2, -0.15) is 0 Å². The number of likely N-dealkylation sites (tertiary alicyclic amines) is 1. The molecule has 0 saturated carbocycles. The van der Waals surface area contributed by atoms with E-state index in [2.05, 4.69) is 5.32 Å². The smallest absolute Gasteiger partial charge is 0.225 e. The second-order valence-corrected chi connectivity index (χ2v) is 7.15. The Morgan fingerprint density at radius 3 is 2.38 bits per heavy atom. The van der Waals surface area contributed by atoms with E-state index in [1.54, 1.807) is 0 Å². The van der Waals surface area contributed by atoms with Gasteiger partial charge in [0.2, 0.25) is 11.8 Å². The van der Waals surface area contributed by atoms with Crippen LogP contribution in [0.15, 0.2) is 0 Å². The number of rotatable bonds is 4. The third kappa shape index (κ3) is 3.76. The first-order valence-electron chi connectivity index (χ1n) is 8.03. The summed E-state index contributed by atoms with van der Waals surface area (Å²) in [7, 11) is 0. The average molecular weight is 296 g/mol. The number of nitrogens with zero attached hydrogens (tertiary/aromatic N) is 1. The zero-order valence-electron chi connectivity index (χ0n) is 13.6. The van der Waals surface area contributed by atoms with Crippen LogP contribution in [0.25, 0.3) is 0 Å². The molecular weight excluding hydrogens is 268 g/mol. The van der Waals surface area contributed by atoms with E-state index in [1.807, 2.05) is 32.6 Å². The lowest BCUT2D eigenvalue weighted by atomic mass is 9.82. The highest BCUT2D eigenvalue weighted by Crippen LogP contribution is 2.36. The van der Waals surface area contributed by atoms with E-state index in [1.165, 1.54) is 0 Å². The Morgan fingerprint density at radius 1 is 1.24 bits per heavy atom. The highest BCUT2D eigenvalue weighted by atomic mass is 16.5. The SMILES string of the molecule is CC(C)C(=O)NC[C@H]1CCC2(CN(C(=O)C(C)C)C2)OC1. The Balaban J connectivity index is 1.70. The van der Waals surface area contributed by atoms with E-state index in [0.29, 0.717) is 19.1 Å². The van der Waals surface area contributed by atoms with Gasteiger partial charge in [0.1, 0.15) is 5.60 Å². The maximum Gasteiger partial charge on any atom is 0.225 e. The van der Waals surface area contributed by atoms with Crippen LogP contribution in [0, 0.1) is 17.8 Å². The fraction of sp³-hybridized carbons (Fsp3) is 0.875. The number of carbonyl (C=O) groups excluding carboxylic acids is 2. The number of ether oxygens (including phenoxy) is 1. The molecule has 0 aliphatic carbocycles. The Kier molecular flexibility index (Phi) is 4.91. The van der Waals surface area contributed by atoms with Crippen LogP contribution in [0.1, 0.15) is 40.5 Å². The van der Waals surface area contributed by atoms with Crippen LogP contribution in [0.5, 0.6) is 0 Å². The normalized spacial score (nSPS) is 24.3. The van der Waals surface area contributed by atoms with E-state index in [-0.39, 0.29) is 29.3 Å². The van der Waals surface area contributed by atoms with Crippen molar-refractivity contribution in [3.05, 3.63) is 0 Å². The topological polar surface area (TPSA) is 58.6 Å². The molecule has 2 amide bonds. The van der Waals surface area contributed by atoms with Crippen molar-refractivity contribution in [2.24, 2.45) is 17.8 Å². The average Bonchev–Trinajstić information content (AvgIpc) is 2.41. The van der Waals surface area contributed by atoms with Crippen molar-refractivity contribution in [1.82, 2.24) is 10.2 Å². The van der Waals surface area contributed by atoms with Gasteiger partial charge in [-0.3, -0.25) is 9.59 Å². The van der Waals surface area contributed by atoms with Crippen molar-refractivity contribution in [1.29, 1.82) is 0 Å². The van der Waals surface area contributed by atoms with Crippen LogP contribution >= 0.6 is 0 Å². The second kappa shape index (κ2) is 6.34. The number of carbonyl (C=O) groups is 2. The maximum absolute atomic E-state index is 11.9. The summed E-state index contributed by atoms with van der Waals surface area (Å²) >= 11 is 0. The molecule has 0 aromatic heterocycles. The van der Waals surface area contributed by atoms with E-state index in [0.717, 1.165) is 25.9 Å². The van der Waals surface area contributed by atoms with Crippen LogP contribution < -0.4 is 5.32 Å². The molecular formula is C16H28N2O3. The van der Waals surface area contributed by atoms with E-state index < -0.39 is 0 Å². The van der Waals surface area contributed by atoms with Crippen LogP contribution in [0.2, 0.25) is 0 Å². The van der Waals surface area contributed by atoms with Crippen molar-refractivity contribution >= 4 is 11.8 Å². The molecule has 2 aliphatic rings. The van der Waals surface area contributed by atoms with Gasteiger partial charge in [-0.1, -0.05) is 27.7 Å². The molecule has 2 heterocycles. The lowest BCUT2D eigenvalue weighted by molar-refractivity contribution is -0.190. The summed E-state index contributed by atoms with van der Waals surface area (Å²) in [4.78, 5) is 25.3. The van der Waals surface area contributed by atoms with Gasteiger partial charge in [0, 0.05) is 18.4 Å². The monoisotopic (exact) mass is 296 g/mol. The van der Waals surface area contributed by atoms with Gasteiger partial charge in [-0.15, -0.1) is 0 Å². The first kappa shape index (κ1) is 16.3. The van der Waals surface area contributed by atoms with Crippen molar-refractivity contribution < 1.29 is 14.3 Å². The van der Waals surface area contributed by atoms with E-state index >= 15 is 0 Å². The van der Waals surface area contributed by atoms with Crippen molar-refractivity contribution in [3.63, 3.8) is 0 Å². The summed E-state index contributed by atoms with van der Waals surface area (Å²) < 4.78 is 6.02. The molecule has 0 bridgehead atoms. The van der Waals surface area contributed by atoms with Gasteiger partial charge >= 0.3 is 0 Å². The Labute approximate surface area is 127 Å². The second-order valence-electron chi connectivity index (χ2n) is 7.15. The molecule has 21 heavy (non-hydrogen) atoms. The van der Waals surface area contributed by atoms with Gasteiger partial charge in [0.25, 0.3) is 0 Å². The van der Waals surface area contributed by atoms with Crippen LogP contribution in [-0.4, -0.2) is 48.6 Å². The number of hydrogen-bond donors (Lipinski definition) is 1. The fourth-order valence-corrected chi connectivity index (χ4v) is 2.95. The molecule has 1 N–H and O–H groups in total. The predicted molar refractivity (Wildman–Crippen MR) is 80.7 cm³/mol. The molecule has 2 aliphatic heterocycles. The van der Waals surface area contributed by atoms with Crippen LogP contribution in [0.3, 0.4) is 0 Å². The largest absolute Gasteiger partial charge is 0.371 e. The Morgan fingerprint density at radius 2 is 1.90 bits per heavy atom. The molecule has 0 aromatic rings. The number of hydrogen-bond acceptors (Lipinski definition) is 3. The lowest BCUT2D eigenvalue weighted by Gasteiger charge is -2.53. The van der Waals surface area contributed by atoms with Gasteiger partial charge in [-0.05, 0) is 18.8 Å². The van der Waals surface area contributed by atoms with Gasteiger partial charge in [-0.25, -0.2) is 0 Å². The fourth-order valence-electron chi connectivity index (χ4n) is 2.95. The highest BCUT2D eigenvalue weighted by Gasteiger charge is 2.48. The predicted octanol–water partition coefficient (Wildman–Crippen LogP) is 1.42. The molecule has 2 saturated heterocycles. The summed E-state index contributed by atoms with van der Waals surface area (Å²) in [5, 5.41) is 2.97. The molecule has 1 atom stereocenters. The molecule has 120 valence electrons. The third-order valence-corrected chi connectivity index (χ3v) is 4.49. The first-order chi connectivity index (χ1) is 9.83. The van der Waals surface area contributed by atoms with Gasteiger partial charge in [0.15, 0.2) is 0 Å². The Hall–Kier alpha value is -1.10. The molecule has 0 unspecified atom stereocenters. The van der Waals surface area contributed by atoms with Crippen LogP contribution in [0.4, 0.5) is 0 Å². The summed E-state index contributed by atoms with van der Waals surface area (Å²) in [5.74, 6) is 0.810. The minimum absolute atomic E-state index is 0.0306. The van der Waals surface area contributed by atoms with E-state index in [9.17, 15) is 9.59 Å². The molecule has 2 rings (SSSR count). The maximum atomic E-state index is 11.9. The standard InChI is InChI=1S/C16H28N2O3/c1-11(2)14(19)17-7-13-5-6-16(21-8-13)9-18(10-16)15(20)12(3)4/h11-13H,5-10H2,1-4H3,(H,17,19)/t13-/m1/s1. The zero-order chi connectivity index (χ0) is 15.6. The molecule has 1 spiro atoms. The molecule has 5 nitrogen and oxygen atoms in total. The highest BCUT2D eigenvalue weighted by molar-refractivity contribution is 5.79. The molecule has 0 radical (unpaired) electrons. The van der Waals surface area contributed by atoms with Gasteiger partial charge in [0.05, 0.1) is 19.7 Å². The quantitative estimate of drug-likeness (QED) is 0.853. The van der Waals surface area contributed by atoms with Crippen molar-refractivity contribution in [3.8, 4) is 0 Å². The summed E-state index contributed by atoms with van der Waals surface area (Å²) in [5.41, 5.74) is -0.108. The van der Waals surface area contributed by atoms with Crippen LogP contribution in [-0.2, 0) is 14.3 Å². The first-order valence-corrected chi connectivity index (χ1v) is 8.03. The summed E-state index contributed by atoms with van der Waals surface area (Å²) in [6.45, 7) is 10.5. The molecule has 2 fully saturated rings.